The fraction of sp³-hybridized carbons (Fsp3) is 0.573. The van der Waals surface area contributed by atoms with Crippen molar-refractivity contribution >= 4 is 39.5 Å². The standard InChI is InChI=1S/C89H140O17P2/c1-5-9-13-17-21-25-29-33-37-40-41-44-47-50-54-58-62-66-70-74-87(92)100-80-85(106-89(94)76-72-68-64-60-56-52-48-43-39-35-31-27-23-19-15-11-7-3)82-104-108(97,98)102-78-83(90)77-101-107(95,96)103-81-84(105-88(93)75-71-67-63-59-55-51-45-36-32-28-24-20-16-12-8-4)79-99-86(91)73-69-65-61-57-53-49-46-42-38-34-30-26-22-18-14-10-6-2/h9-16,21-28,33-39,41,44-45,48,50,52,54-55,59,62,66,83-85,90H,5-8,17-20,29-32,40,42-43,46-47,49,51,53,56-58,60-61,63-65,67-82H2,1-4H3,(H,95,96)(H,97,98)/b13-9-,14-10-,15-11-,16-12-,25-21-,26-22-,27-23-,28-24-,37-33-,38-34-,39-35-,44-41-,45-36-,52-48-,54-50-,59-55-,66-62-. The summed E-state index contributed by atoms with van der Waals surface area (Å²) in [7, 11) is -10.0. The normalized spacial score (nSPS) is 14.9. The van der Waals surface area contributed by atoms with Crippen molar-refractivity contribution in [3.8, 4) is 0 Å². The molecule has 0 saturated heterocycles. The molecule has 0 rings (SSSR count). The Bertz CT molecular complexity index is 2860. The Morgan fingerprint density at radius 3 is 0.769 bits per heavy atom. The third-order valence-electron chi connectivity index (χ3n) is 15.7. The number of allylic oxidation sites excluding steroid dienone is 34. The smallest absolute Gasteiger partial charge is 0.462 e. The summed E-state index contributed by atoms with van der Waals surface area (Å²) in [4.78, 5) is 73.1. The van der Waals surface area contributed by atoms with Crippen LogP contribution in [0.25, 0.3) is 0 Å². The molecular formula is C89H140O17P2. The molecule has 0 aliphatic rings. The SMILES string of the molecule is CC/C=C\C/C=C\C/C=C\C/C=C\C/C=C\C/C=C\CCC(=O)OCC(COP(=O)(O)OCC(O)COP(=O)(O)OCC(COC(=O)CCCCCCCCC/C=C\C/C=C\C/C=C\CC)OC(=O)CCCC/C=C\C/C=C\C/C=C\C/C=C\CC)OC(=O)CCCCCC/C=C\C/C=C\C/C=C\C/C=C\CC. The first kappa shape index (κ1) is 102. The molecule has 5 unspecified atom stereocenters. The molecule has 5 atom stereocenters. The highest BCUT2D eigenvalue weighted by molar-refractivity contribution is 7.47. The van der Waals surface area contributed by atoms with Crippen LogP contribution in [-0.2, 0) is 65.4 Å². The average molecular weight is 1540 g/mol. The van der Waals surface area contributed by atoms with Gasteiger partial charge in [0.15, 0.2) is 12.2 Å². The van der Waals surface area contributed by atoms with E-state index in [2.05, 4.69) is 216 Å². The van der Waals surface area contributed by atoms with Gasteiger partial charge in [-0.2, -0.15) is 0 Å². The van der Waals surface area contributed by atoms with Gasteiger partial charge in [-0.3, -0.25) is 37.3 Å². The molecule has 0 aliphatic carbocycles. The molecule has 0 aromatic heterocycles. The number of rotatable bonds is 73. The van der Waals surface area contributed by atoms with E-state index in [0.29, 0.717) is 38.5 Å². The van der Waals surface area contributed by atoms with Crippen LogP contribution in [0.4, 0.5) is 0 Å². The molecule has 0 spiro atoms. The lowest BCUT2D eigenvalue weighted by Gasteiger charge is -2.21. The van der Waals surface area contributed by atoms with E-state index in [0.717, 1.165) is 180 Å². The van der Waals surface area contributed by atoms with Crippen LogP contribution in [0.15, 0.2) is 207 Å². The summed E-state index contributed by atoms with van der Waals surface area (Å²) in [6, 6.07) is 0. The number of phosphoric acid groups is 2. The molecule has 0 amide bonds. The topological polar surface area (TPSA) is 237 Å². The summed E-state index contributed by atoms with van der Waals surface area (Å²) in [5.74, 6) is -2.38. The van der Waals surface area contributed by atoms with Gasteiger partial charge < -0.3 is 33.8 Å². The molecule has 0 saturated carbocycles. The number of aliphatic hydroxyl groups is 1. The second kappa shape index (κ2) is 78.8. The van der Waals surface area contributed by atoms with E-state index < -0.39 is 97.5 Å². The third-order valence-corrected chi connectivity index (χ3v) is 17.6. The molecule has 0 aromatic carbocycles. The second-order valence-corrected chi connectivity index (χ2v) is 28.7. The van der Waals surface area contributed by atoms with Gasteiger partial charge in [0.2, 0.25) is 0 Å². The molecule has 19 heteroatoms. The van der Waals surface area contributed by atoms with E-state index in [1.165, 1.54) is 0 Å². The lowest BCUT2D eigenvalue weighted by molar-refractivity contribution is -0.161. The van der Waals surface area contributed by atoms with Crippen molar-refractivity contribution in [2.24, 2.45) is 0 Å². The molecule has 0 heterocycles. The zero-order valence-electron chi connectivity index (χ0n) is 66.4. The average Bonchev–Trinajstić information content (AvgIpc) is 0.906. The van der Waals surface area contributed by atoms with Crippen LogP contribution in [0, 0.1) is 0 Å². The van der Waals surface area contributed by atoms with Gasteiger partial charge in [-0.05, 0) is 173 Å². The molecular weight excluding hydrogens is 1400 g/mol. The summed E-state index contributed by atoms with van der Waals surface area (Å²) >= 11 is 0. The van der Waals surface area contributed by atoms with Crippen molar-refractivity contribution in [3.05, 3.63) is 207 Å². The highest BCUT2D eigenvalue weighted by Gasteiger charge is 2.30. The zero-order chi connectivity index (χ0) is 78.9. The number of unbranched alkanes of at least 4 members (excludes halogenated alkanes) is 13. The molecule has 608 valence electrons. The Kier molecular flexibility index (Phi) is 74.1. The van der Waals surface area contributed by atoms with Crippen molar-refractivity contribution in [1.29, 1.82) is 0 Å². The predicted octanol–water partition coefficient (Wildman–Crippen LogP) is 23.9. The number of aliphatic hydroxyl groups excluding tert-OH is 1. The van der Waals surface area contributed by atoms with Gasteiger partial charge in [0.05, 0.1) is 26.4 Å². The van der Waals surface area contributed by atoms with Gasteiger partial charge in [-0.15, -0.1) is 0 Å². The van der Waals surface area contributed by atoms with Crippen LogP contribution in [0.2, 0.25) is 0 Å². The summed E-state index contributed by atoms with van der Waals surface area (Å²) in [6.45, 7) is 4.22. The van der Waals surface area contributed by atoms with Gasteiger partial charge in [-0.25, -0.2) is 9.13 Å². The Morgan fingerprint density at radius 1 is 0.259 bits per heavy atom. The number of hydrogen-bond donors (Lipinski definition) is 3. The van der Waals surface area contributed by atoms with Gasteiger partial charge in [0.25, 0.3) is 0 Å². The molecule has 0 radical (unpaired) electrons. The van der Waals surface area contributed by atoms with Crippen molar-refractivity contribution in [2.45, 2.75) is 290 Å². The first-order valence-electron chi connectivity index (χ1n) is 40.3. The fourth-order valence-electron chi connectivity index (χ4n) is 9.77. The van der Waals surface area contributed by atoms with Crippen LogP contribution in [0.3, 0.4) is 0 Å². The zero-order valence-corrected chi connectivity index (χ0v) is 68.2. The minimum Gasteiger partial charge on any atom is -0.462 e. The molecule has 0 bridgehead atoms. The minimum absolute atomic E-state index is 0.0208. The highest BCUT2D eigenvalue weighted by Crippen LogP contribution is 2.45. The van der Waals surface area contributed by atoms with E-state index in [4.69, 9.17) is 37.0 Å². The maximum Gasteiger partial charge on any atom is 0.472 e. The molecule has 108 heavy (non-hydrogen) atoms. The van der Waals surface area contributed by atoms with Crippen LogP contribution in [-0.4, -0.2) is 96.7 Å². The Morgan fingerprint density at radius 2 is 0.472 bits per heavy atom. The number of hydrogen-bond acceptors (Lipinski definition) is 15. The Balaban J connectivity index is 5.53. The van der Waals surface area contributed by atoms with Gasteiger partial charge in [0.1, 0.15) is 19.3 Å². The lowest BCUT2D eigenvalue weighted by Crippen LogP contribution is -2.30. The van der Waals surface area contributed by atoms with Gasteiger partial charge >= 0.3 is 39.5 Å². The molecule has 17 nitrogen and oxygen atoms in total. The van der Waals surface area contributed by atoms with E-state index in [-0.39, 0.29) is 25.7 Å². The number of esters is 4. The van der Waals surface area contributed by atoms with Gasteiger partial charge in [-0.1, -0.05) is 279 Å². The maximum absolute atomic E-state index is 13.1. The molecule has 0 fully saturated rings. The number of ether oxygens (including phenoxy) is 4. The van der Waals surface area contributed by atoms with Crippen molar-refractivity contribution in [2.75, 3.05) is 39.6 Å². The Hall–Kier alpha value is -6.36. The van der Waals surface area contributed by atoms with E-state index in [1.54, 1.807) is 0 Å². The largest absolute Gasteiger partial charge is 0.472 e. The second-order valence-electron chi connectivity index (χ2n) is 25.8. The van der Waals surface area contributed by atoms with Crippen molar-refractivity contribution in [3.63, 3.8) is 0 Å². The molecule has 0 aromatic rings. The minimum atomic E-state index is -5.02. The number of phosphoric ester groups is 2. The summed E-state index contributed by atoms with van der Waals surface area (Å²) in [6.07, 6.45) is 98.2. The third kappa shape index (κ3) is 77.8. The molecule has 3 N–H and O–H groups in total. The number of carbonyl (C=O) groups is 4. The number of carbonyl (C=O) groups excluding carboxylic acids is 4. The van der Waals surface area contributed by atoms with Crippen molar-refractivity contribution in [1.82, 2.24) is 0 Å². The monoisotopic (exact) mass is 1540 g/mol. The van der Waals surface area contributed by atoms with E-state index in [9.17, 15) is 43.2 Å². The van der Waals surface area contributed by atoms with Crippen molar-refractivity contribution < 1.29 is 80.2 Å². The Labute approximate surface area is 652 Å². The van der Waals surface area contributed by atoms with E-state index >= 15 is 0 Å². The lowest BCUT2D eigenvalue weighted by atomic mass is 10.1. The quantitative estimate of drug-likeness (QED) is 0.0169. The van der Waals surface area contributed by atoms with Crippen LogP contribution < -0.4 is 0 Å². The summed E-state index contributed by atoms with van der Waals surface area (Å²) in [5.41, 5.74) is 0. The van der Waals surface area contributed by atoms with Crippen LogP contribution >= 0.6 is 15.6 Å². The maximum atomic E-state index is 13.1. The molecule has 0 aliphatic heterocycles. The van der Waals surface area contributed by atoms with Gasteiger partial charge in [0, 0.05) is 25.7 Å². The highest BCUT2D eigenvalue weighted by atomic mass is 31.2. The summed E-state index contributed by atoms with van der Waals surface area (Å²) < 4.78 is 68.5. The predicted molar refractivity (Wildman–Crippen MR) is 445 cm³/mol. The first-order valence-corrected chi connectivity index (χ1v) is 43.3. The first-order chi connectivity index (χ1) is 52.7. The van der Waals surface area contributed by atoms with E-state index in [1.807, 2.05) is 18.2 Å². The fourth-order valence-corrected chi connectivity index (χ4v) is 11.3. The van der Waals surface area contributed by atoms with Crippen LogP contribution in [0.1, 0.15) is 272 Å². The van der Waals surface area contributed by atoms with Crippen LogP contribution in [0.5, 0.6) is 0 Å². The summed E-state index contributed by atoms with van der Waals surface area (Å²) in [5, 5.41) is 10.7.